The van der Waals surface area contributed by atoms with Crippen LogP contribution < -0.4 is 5.32 Å². The number of aryl methyl sites for hydroxylation is 2. The Bertz CT molecular complexity index is 676. The Morgan fingerprint density at radius 3 is 2.96 bits per heavy atom. The van der Waals surface area contributed by atoms with Crippen LogP contribution in [0.1, 0.15) is 62.6 Å². The van der Waals surface area contributed by atoms with Crippen LogP contribution in [0, 0.1) is 0 Å². The van der Waals surface area contributed by atoms with Crippen LogP contribution in [0.4, 0.5) is 5.69 Å². The van der Waals surface area contributed by atoms with Gasteiger partial charge in [0.2, 0.25) is 5.91 Å². The van der Waals surface area contributed by atoms with E-state index < -0.39 is 0 Å². The third-order valence-electron chi connectivity index (χ3n) is 4.64. The molecule has 3 rings (SSSR count). The van der Waals surface area contributed by atoms with E-state index in [9.17, 15) is 4.79 Å². The number of anilines is 1. The molecule has 2 aromatic rings. The summed E-state index contributed by atoms with van der Waals surface area (Å²) in [7, 11) is 0. The standard InChI is InChI=1S/C18H25N5O/c1-14(24)20-17-12-19-10-9-16(17)8-5-11-23-13-18(21-22-23)15-6-3-2-4-7-15/h9-10,12-13,15H,2-8,11H2,1H3,(H,20,24). The van der Waals surface area contributed by atoms with Gasteiger partial charge in [0.1, 0.15) is 0 Å². The van der Waals surface area contributed by atoms with Crippen molar-refractivity contribution in [2.75, 3.05) is 5.32 Å². The van der Waals surface area contributed by atoms with E-state index in [1.54, 1.807) is 12.4 Å². The number of carbonyl (C=O) groups is 1. The van der Waals surface area contributed by atoms with Gasteiger partial charge in [-0.15, -0.1) is 5.10 Å². The largest absolute Gasteiger partial charge is 0.325 e. The van der Waals surface area contributed by atoms with Gasteiger partial charge < -0.3 is 5.32 Å². The van der Waals surface area contributed by atoms with Crippen molar-refractivity contribution in [3.63, 3.8) is 0 Å². The lowest BCUT2D eigenvalue weighted by atomic mass is 9.87. The molecule has 0 atom stereocenters. The smallest absolute Gasteiger partial charge is 0.221 e. The molecule has 0 saturated heterocycles. The Labute approximate surface area is 142 Å². The molecule has 2 heterocycles. The number of nitrogens with one attached hydrogen (secondary N) is 1. The van der Waals surface area contributed by atoms with Crippen LogP contribution in [-0.4, -0.2) is 25.9 Å². The van der Waals surface area contributed by atoms with Gasteiger partial charge in [0.05, 0.1) is 17.6 Å². The van der Waals surface area contributed by atoms with Gasteiger partial charge in [0, 0.05) is 31.8 Å². The number of pyridine rings is 1. The first-order chi connectivity index (χ1) is 11.7. The molecule has 1 aliphatic rings. The second-order valence-corrected chi connectivity index (χ2v) is 6.56. The summed E-state index contributed by atoms with van der Waals surface area (Å²) in [6.45, 7) is 2.35. The van der Waals surface area contributed by atoms with E-state index in [0.717, 1.165) is 36.3 Å². The summed E-state index contributed by atoms with van der Waals surface area (Å²) in [4.78, 5) is 15.3. The zero-order chi connectivity index (χ0) is 16.8. The van der Waals surface area contributed by atoms with E-state index in [1.807, 2.05) is 10.7 Å². The average molecular weight is 327 g/mol. The minimum atomic E-state index is -0.0716. The summed E-state index contributed by atoms with van der Waals surface area (Å²) in [5.41, 5.74) is 3.05. The second-order valence-electron chi connectivity index (χ2n) is 6.56. The van der Waals surface area contributed by atoms with E-state index in [2.05, 4.69) is 26.8 Å². The van der Waals surface area contributed by atoms with Crippen LogP contribution in [0.3, 0.4) is 0 Å². The first kappa shape index (κ1) is 16.6. The van der Waals surface area contributed by atoms with Gasteiger partial charge in [-0.25, -0.2) is 0 Å². The minimum absolute atomic E-state index is 0.0716. The van der Waals surface area contributed by atoms with E-state index in [1.165, 1.54) is 39.0 Å². The average Bonchev–Trinajstić information content (AvgIpc) is 3.06. The van der Waals surface area contributed by atoms with Crippen molar-refractivity contribution in [1.82, 2.24) is 20.0 Å². The van der Waals surface area contributed by atoms with E-state index in [-0.39, 0.29) is 5.91 Å². The minimum Gasteiger partial charge on any atom is -0.325 e. The van der Waals surface area contributed by atoms with Gasteiger partial charge in [-0.2, -0.15) is 0 Å². The zero-order valence-corrected chi connectivity index (χ0v) is 14.2. The van der Waals surface area contributed by atoms with Crippen LogP contribution in [0.2, 0.25) is 0 Å². The maximum Gasteiger partial charge on any atom is 0.221 e. The van der Waals surface area contributed by atoms with Crippen LogP contribution in [0.15, 0.2) is 24.7 Å². The van der Waals surface area contributed by atoms with E-state index >= 15 is 0 Å². The number of carbonyl (C=O) groups excluding carboxylic acids is 1. The third kappa shape index (κ3) is 4.40. The lowest BCUT2D eigenvalue weighted by molar-refractivity contribution is -0.114. The molecule has 1 aliphatic carbocycles. The summed E-state index contributed by atoms with van der Waals surface area (Å²) in [6, 6.07) is 1.96. The number of nitrogens with zero attached hydrogens (tertiary/aromatic N) is 4. The fourth-order valence-corrected chi connectivity index (χ4v) is 3.38. The fourth-order valence-electron chi connectivity index (χ4n) is 3.38. The Morgan fingerprint density at radius 1 is 1.33 bits per heavy atom. The molecule has 24 heavy (non-hydrogen) atoms. The summed E-state index contributed by atoms with van der Waals surface area (Å²) in [5.74, 6) is 0.525. The molecule has 1 amide bonds. The molecule has 0 aromatic carbocycles. The second kappa shape index (κ2) is 8.04. The van der Waals surface area contributed by atoms with Crippen LogP contribution in [-0.2, 0) is 17.8 Å². The molecule has 1 N–H and O–H groups in total. The maximum atomic E-state index is 11.3. The van der Waals surface area contributed by atoms with Crippen molar-refractivity contribution >= 4 is 11.6 Å². The Hall–Kier alpha value is -2.24. The number of hydrogen-bond donors (Lipinski definition) is 1. The zero-order valence-electron chi connectivity index (χ0n) is 14.2. The molecular weight excluding hydrogens is 302 g/mol. The monoisotopic (exact) mass is 327 g/mol. The Kier molecular flexibility index (Phi) is 5.56. The quantitative estimate of drug-likeness (QED) is 0.883. The molecule has 0 aliphatic heterocycles. The van der Waals surface area contributed by atoms with Gasteiger partial charge in [0.15, 0.2) is 0 Å². The highest BCUT2D eigenvalue weighted by molar-refractivity contribution is 5.89. The summed E-state index contributed by atoms with van der Waals surface area (Å²) in [6.07, 6.45) is 13.9. The SMILES string of the molecule is CC(=O)Nc1cnccc1CCCn1cc(C2CCCCC2)nn1. The number of amides is 1. The molecule has 128 valence electrons. The van der Waals surface area contributed by atoms with Gasteiger partial charge >= 0.3 is 0 Å². The van der Waals surface area contributed by atoms with E-state index in [0.29, 0.717) is 5.92 Å². The Morgan fingerprint density at radius 2 is 2.17 bits per heavy atom. The van der Waals surface area contributed by atoms with E-state index in [4.69, 9.17) is 0 Å². The van der Waals surface area contributed by atoms with Crippen molar-refractivity contribution in [3.05, 3.63) is 35.9 Å². The van der Waals surface area contributed by atoms with Gasteiger partial charge in [0.25, 0.3) is 0 Å². The predicted octanol–water partition coefficient (Wildman–Crippen LogP) is 3.31. The van der Waals surface area contributed by atoms with Crippen molar-refractivity contribution < 1.29 is 4.79 Å². The lowest BCUT2D eigenvalue weighted by Gasteiger charge is -2.18. The van der Waals surface area contributed by atoms with Crippen molar-refractivity contribution in [3.8, 4) is 0 Å². The predicted molar refractivity (Wildman–Crippen MR) is 92.7 cm³/mol. The summed E-state index contributed by atoms with van der Waals surface area (Å²) < 4.78 is 1.95. The van der Waals surface area contributed by atoms with Gasteiger partial charge in [-0.1, -0.05) is 24.5 Å². The molecule has 2 aromatic heterocycles. The molecule has 0 radical (unpaired) electrons. The number of rotatable bonds is 6. The third-order valence-corrected chi connectivity index (χ3v) is 4.64. The maximum absolute atomic E-state index is 11.3. The fraction of sp³-hybridized carbons (Fsp3) is 0.556. The summed E-state index contributed by atoms with van der Waals surface area (Å²) in [5, 5.41) is 11.5. The molecule has 0 spiro atoms. The van der Waals surface area contributed by atoms with Crippen molar-refractivity contribution in [2.45, 2.75) is 64.3 Å². The molecule has 1 saturated carbocycles. The van der Waals surface area contributed by atoms with Crippen LogP contribution >= 0.6 is 0 Å². The first-order valence-corrected chi connectivity index (χ1v) is 8.83. The van der Waals surface area contributed by atoms with Crippen molar-refractivity contribution in [1.29, 1.82) is 0 Å². The molecular formula is C18H25N5O. The summed E-state index contributed by atoms with van der Waals surface area (Å²) >= 11 is 0. The highest BCUT2D eigenvalue weighted by Crippen LogP contribution is 2.31. The topological polar surface area (TPSA) is 72.7 Å². The highest BCUT2D eigenvalue weighted by atomic mass is 16.1. The first-order valence-electron chi connectivity index (χ1n) is 8.83. The molecule has 6 nitrogen and oxygen atoms in total. The lowest BCUT2D eigenvalue weighted by Crippen LogP contribution is -2.09. The number of hydrogen-bond acceptors (Lipinski definition) is 4. The van der Waals surface area contributed by atoms with Crippen LogP contribution in [0.25, 0.3) is 0 Å². The highest BCUT2D eigenvalue weighted by Gasteiger charge is 2.18. The Balaban J connectivity index is 1.53. The molecule has 6 heteroatoms. The molecule has 0 unspecified atom stereocenters. The molecule has 0 bridgehead atoms. The van der Waals surface area contributed by atoms with Crippen molar-refractivity contribution in [2.24, 2.45) is 0 Å². The van der Waals surface area contributed by atoms with Gasteiger partial charge in [-0.05, 0) is 37.3 Å². The normalized spacial score (nSPS) is 15.4. The number of aromatic nitrogens is 4. The van der Waals surface area contributed by atoms with Crippen LogP contribution in [0.5, 0.6) is 0 Å². The van der Waals surface area contributed by atoms with Gasteiger partial charge in [-0.3, -0.25) is 14.5 Å². The molecule has 1 fully saturated rings.